The second kappa shape index (κ2) is 7.20. The van der Waals surface area contributed by atoms with Crippen molar-refractivity contribution in [2.24, 2.45) is 5.73 Å². The summed E-state index contributed by atoms with van der Waals surface area (Å²) in [6, 6.07) is 5.71. The van der Waals surface area contributed by atoms with Crippen LogP contribution >= 0.6 is 0 Å². The van der Waals surface area contributed by atoms with Gasteiger partial charge in [0, 0.05) is 12.1 Å². The first-order chi connectivity index (χ1) is 8.52. The van der Waals surface area contributed by atoms with Gasteiger partial charge in [0.15, 0.2) is 0 Å². The lowest BCUT2D eigenvalue weighted by Gasteiger charge is -2.04. The van der Waals surface area contributed by atoms with Gasteiger partial charge in [0.05, 0.1) is 4.92 Å². The van der Waals surface area contributed by atoms with E-state index in [2.05, 4.69) is 0 Å². The maximum absolute atomic E-state index is 10.4. The van der Waals surface area contributed by atoms with Crippen LogP contribution in [0.1, 0.15) is 25.7 Å². The van der Waals surface area contributed by atoms with Gasteiger partial charge in [0.2, 0.25) is 0 Å². The van der Waals surface area contributed by atoms with Gasteiger partial charge in [0.1, 0.15) is 4.90 Å². The third-order valence-electron chi connectivity index (χ3n) is 2.64. The summed E-state index contributed by atoms with van der Waals surface area (Å²) in [6.07, 6.45) is 5.25. The van der Waals surface area contributed by atoms with Gasteiger partial charge in [-0.1, -0.05) is 25.0 Å². The molecule has 0 amide bonds. The number of nitrogens with zero attached hydrogens (tertiary/aromatic N) is 1. The highest BCUT2D eigenvalue weighted by Gasteiger charge is 2.11. The van der Waals surface area contributed by atoms with Crippen LogP contribution in [0.25, 0.3) is 0 Å². The topological polar surface area (TPSA) is 109 Å². The smallest absolute Gasteiger partial charge is 0.284 e. The first-order valence-corrected chi connectivity index (χ1v) is 6.68. The molecule has 0 aliphatic heterocycles. The molecular formula is C11H15N2O4S-. The Bertz CT molecular complexity index is 400. The van der Waals surface area contributed by atoms with Crippen LogP contribution in [0.3, 0.4) is 0 Å². The Morgan fingerprint density at radius 2 is 1.83 bits per heavy atom. The molecule has 1 aliphatic rings. The molecule has 0 aromatic heterocycles. The molecule has 7 heteroatoms. The highest BCUT2D eigenvalue weighted by Crippen LogP contribution is 2.19. The number of hydrogen-bond donors (Lipinski definition) is 1. The second-order valence-corrected chi connectivity index (χ2v) is 4.91. The van der Waals surface area contributed by atoms with Crippen LogP contribution in [-0.4, -0.2) is 19.7 Å². The van der Waals surface area contributed by atoms with Crippen LogP contribution in [0.5, 0.6) is 0 Å². The van der Waals surface area contributed by atoms with E-state index in [1.807, 2.05) is 0 Å². The molecule has 2 rings (SSSR count). The lowest BCUT2D eigenvalue weighted by Crippen LogP contribution is -2.13. The number of nitrogens with two attached hydrogens (primary N) is 1. The highest BCUT2D eigenvalue weighted by atomic mass is 32.2. The van der Waals surface area contributed by atoms with Crippen molar-refractivity contribution in [2.75, 3.05) is 0 Å². The Kier molecular flexibility index (Phi) is 5.90. The molecule has 2 N–H and O–H groups in total. The van der Waals surface area contributed by atoms with Crippen LogP contribution in [-0.2, 0) is 11.1 Å². The second-order valence-electron chi connectivity index (χ2n) is 4.00. The first kappa shape index (κ1) is 14.7. The van der Waals surface area contributed by atoms with Crippen molar-refractivity contribution in [3.05, 3.63) is 34.4 Å². The summed E-state index contributed by atoms with van der Waals surface area (Å²) in [5.41, 5.74) is 5.14. The molecule has 1 aromatic rings. The number of benzene rings is 1. The fraction of sp³-hybridized carbons (Fsp3) is 0.455. The molecule has 1 atom stereocenters. The van der Waals surface area contributed by atoms with Crippen molar-refractivity contribution >= 4 is 16.8 Å². The number of nitro benzene ring substituents is 1. The summed E-state index contributed by atoms with van der Waals surface area (Å²) in [5, 5.41) is 10.3. The number of para-hydroxylation sites is 1. The van der Waals surface area contributed by atoms with E-state index in [9.17, 15) is 18.9 Å². The summed E-state index contributed by atoms with van der Waals surface area (Å²) < 4.78 is 20.8. The van der Waals surface area contributed by atoms with E-state index >= 15 is 0 Å². The predicted octanol–water partition coefficient (Wildman–Crippen LogP) is 1.72. The molecular weight excluding hydrogens is 256 g/mol. The number of nitro groups is 1. The number of hydrogen-bond acceptors (Lipinski definition) is 5. The predicted molar refractivity (Wildman–Crippen MR) is 66.7 cm³/mol. The molecule has 0 saturated heterocycles. The van der Waals surface area contributed by atoms with E-state index in [1.165, 1.54) is 43.9 Å². The highest BCUT2D eigenvalue weighted by molar-refractivity contribution is 7.79. The monoisotopic (exact) mass is 271 g/mol. The molecule has 100 valence electrons. The third-order valence-corrected chi connectivity index (χ3v) is 3.35. The van der Waals surface area contributed by atoms with Crippen LogP contribution in [0.4, 0.5) is 5.69 Å². The van der Waals surface area contributed by atoms with Crippen molar-refractivity contribution in [1.82, 2.24) is 0 Å². The Hall–Kier alpha value is -1.31. The number of rotatable bonds is 2. The molecule has 1 unspecified atom stereocenters. The largest absolute Gasteiger partial charge is 0.768 e. The summed E-state index contributed by atoms with van der Waals surface area (Å²) in [6.45, 7) is 0. The third kappa shape index (κ3) is 4.52. The SMILES string of the molecule is NC1CCCC1.O=[N+]([O-])c1ccccc1S(=O)[O-]. The minimum atomic E-state index is -2.55. The molecule has 1 aliphatic carbocycles. The van der Waals surface area contributed by atoms with E-state index in [4.69, 9.17) is 5.73 Å². The van der Waals surface area contributed by atoms with Gasteiger partial charge in [0.25, 0.3) is 5.69 Å². The summed E-state index contributed by atoms with van der Waals surface area (Å²) in [7, 11) is 0. The van der Waals surface area contributed by atoms with E-state index in [0.717, 1.165) is 6.07 Å². The standard InChI is InChI=1S/C6H5NO4S.C5H11N/c8-7(9)5-3-1-2-4-6(5)12(10)11;6-5-3-1-2-4-5/h1-4H,(H,10,11);5H,1-4,6H2/p-1. The van der Waals surface area contributed by atoms with Gasteiger partial charge in [-0.15, -0.1) is 0 Å². The van der Waals surface area contributed by atoms with E-state index < -0.39 is 21.7 Å². The van der Waals surface area contributed by atoms with E-state index in [-0.39, 0.29) is 4.90 Å². The van der Waals surface area contributed by atoms with E-state index in [0.29, 0.717) is 6.04 Å². The Balaban J connectivity index is 0.000000225. The van der Waals surface area contributed by atoms with Gasteiger partial charge >= 0.3 is 0 Å². The lowest BCUT2D eigenvalue weighted by atomic mass is 10.3. The van der Waals surface area contributed by atoms with Crippen molar-refractivity contribution < 1.29 is 13.7 Å². The normalized spacial score (nSPS) is 16.8. The summed E-state index contributed by atoms with van der Waals surface area (Å²) in [5.74, 6) is 0. The van der Waals surface area contributed by atoms with Gasteiger partial charge in [-0.05, 0) is 30.0 Å². The average Bonchev–Trinajstić information content (AvgIpc) is 2.81. The molecule has 1 aromatic carbocycles. The van der Waals surface area contributed by atoms with Gasteiger partial charge in [-0.25, -0.2) is 0 Å². The zero-order valence-corrected chi connectivity index (χ0v) is 10.6. The minimum Gasteiger partial charge on any atom is -0.768 e. The average molecular weight is 271 g/mol. The van der Waals surface area contributed by atoms with Crippen LogP contribution < -0.4 is 5.73 Å². The molecule has 0 bridgehead atoms. The van der Waals surface area contributed by atoms with Gasteiger partial charge in [-0.2, -0.15) is 0 Å². The van der Waals surface area contributed by atoms with Crippen molar-refractivity contribution in [2.45, 2.75) is 36.6 Å². The quantitative estimate of drug-likeness (QED) is 0.500. The fourth-order valence-corrected chi connectivity index (χ4v) is 2.21. The maximum atomic E-state index is 10.4. The van der Waals surface area contributed by atoms with Crippen molar-refractivity contribution in [3.63, 3.8) is 0 Å². The summed E-state index contributed by atoms with van der Waals surface area (Å²) >= 11 is -2.55. The van der Waals surface area contributed by atoms with Crippen LogP contribution in [0.15, 0.2) is 29.2 Å². The minimum absolute atomic E-state index is 0.289. The Morgan fingerprint density at radius 1 is 1.28 bits per heavy atom. The molecule has 6 nitrogen and oxygen atoms in total. The zero-order chi connectivity index (χ0) is 13.5. The first-order valence-electron chi connectivity index (χ1n) is 5.60. The van der Waals surface area contributed by atoms with Gasteiger partial charge < -0.3 is 10.3 Å². The van der Waals surface area contributed by atoms with Gasteiger partial charge in [-0.3, -0.25) is 14.3 Å². The molecule has 1 fully saturated rings. The molecule has 18 heavy (non-hydrogen) atoms. The molecule has 1 saturated carbocycles. The Morgan fingerprint density at radius 3 is 2.17 bits per heavy atom. The van der Waals surface area contributed by atoms with Crippen LogP contribution in [0, 0.1) is 10.1 Å². The Labute approximate surface area is 108 Å². The lowest BCUT2D eigenvalue weighted by molar-refractivity contribution is -0.387. The molecule has 0 spiro atoms. The maximum Gasteiger partial charge on any atom is 0.284 e. The van der Waals surface area contributed by atoms with Crippen molar-refractivity contribution in [1.29, 1.82) is 0 Å². The van der Waals surface area contributed by atoms with E-state index in [1.54, 1.807) is 0 Å². The van der Waals surface area contributed by atoms with Crippen LogP contribution in [0.2, 0.25) is 0 Å². The van der Waals surface area contributed by atoms with Crippen molar-refractivity contribution in [3.8, 4) is 0 Å². The fourth-order valence-electron chi connectivity index (χ4n) is 1.71. The summed E-state index contributed by atoms with van der Waals surface area (Å²) in [4.78, 5) is 9.24. The zero-order valence-electron chi connectivity index (χ0n) is 9.78. The molecule has 0 radical (unpaired) electrons. The molecule has 0 heterocycles.